The third-order valence-electron chi connectivity index (χ3n) is 5.98. The molecule has 0 aromatic rings. The predicted molar refractivity (Wildman–Crippen MR) is 95.7 cm³/mol. The molecule has 0 N–H and O–H groups in total. The van der Waals surface area contributed by atoms with Gasteiger partial charge in [-0.1, -0.05) is 54.9 Å². The molecular formula is C20H41N. The lowest BCUT2D eigenvalue weighted by Gasteiger charge is -2.39. The SMILES string of the molecule is CCC1CC(C)(C)CN(C)C(CC)CC(C)(C)CCC1C. The average molecular weight is 296 g/mol. The summed E-state index contributed by atoms with van der Waals surface area (Å²) in [7, 11) is 2.36. The van der Waals surface area contributed by atoms with E-state index in [1.165, 1.54) is 45.1 Å². The van der Waals surface area contributed by atoms with Gasteiger partial charge < -0.3 is 4.90 Å². The lowest BCUT2D eigenvalue weighted by atomic mass is 9.73. The first-order chi connectivity index (χ1) is 9.60. The van der Waals surface area contributed by atoms with Crippen LogP contribution in [0, 0.1) is 22.7 Å². The molecule has 1 heterocycles. The zero-order valence-corrected chi connectivity index (χ0v) is 16.1. The summed E-state index contributed by atoms with van der Waals surface area (Å²) in [6, 6.07) is 0.743. The third-order valence-corrected chi connectivity index (χ3v) is 5.98. The third kappa shape index (κ3) is 5.93. The van der Waals surface area contributed by atoms with Crippen LogP contribution in [0.1, 0.15) is 87.0 Å². The van der Waals surface area contributed by atoms with Crippen molar-refractivity contribution >= 4 is 0 Å². The summed E-state index contributed by atoms with van der Waals surface area (Å²) in [5, 5.41) is 0. The molecule has 1 rings (SSSR count). The molecule has 1 fully saturated rings. The van der Waals surface area contributed by atoms with Crippen LogP contribution in [0.15, 0.2) is 0 Å². The van der Waals surface area contributed by atoms with E-state index in [-0.39, 0.29) is 0 Å². The van der Waals surface area contributed by atoms with E-state index in [4.69, 9.17) is 0 Å². The first kappa shape index (κ1) is 19.0. The van der Waals surface area contributed by atoms with E-state index in [0.29, 0.717) is 10.8 Å². The topological polar surface area (TPSA) is 3.24 Å². The average Bonchev–Trinajstić information content (AvgIpc) is 2.39. The van der Waals surface area contributed by atoms with Crippen LogP contribution in [0.4, 0.5) is 0 Å². The molecule has 0 amide bonds. The molecule has 1 saturated heterocycles. The van der Waals surface area contributed by atoms with Crippen molar-refractivity contribution in [1.29, 1.82) is 0 Å². The van der Waals surface area contributed by atoms with Crippen LogP contribution in [0.3, 0.4) is 0 Å². The summed E-state index contributed by atoms with van der Waals surface area (Å²) in [5.41, 5.74) is 0.918. The summed E-state index contributed by atoms with van der Waals surface area (Å²) in [6.07, 6.45) is 8.14. The molecule has 0 spiro atoms. The second-order valence-corrected chi connectivity index (χ2v) is 9.40. The maximum Gasteiger partial charge on any atom is 0.00948 e. The molecule has 126 valence electrons. The van der Waals surface area contributed by atoms with Gasteiger partial charge in [-0.05, 0) is 61.8 Å². The summed E-state index contributed by atoms with van der Waals surface area (Å²) in [4.78, 5) is 2.66. The highest BCUT2D eigenvalue weighted by Gasteiger charge is 2.33. The van der Waals surface area contributed by atoms with Crippen LogP contribution in [0.25, 0.3) is 0 Å². The van der Waals surface area contributed by atoms with Gasteiger partial charge in [-0.2, -0.15) is 0 Å². The molecule has 0 aromatic carbocycles. The van der Waals surface area contributed by atoms with Crippen LogP contribution in [-0.2, 0) is 0 Å². The maximum atomic E-state index is 2.66. The lowest BCUT2D eigenvalue weighted by molar-refractivity contribution is 0.106. The van der Waals surface area contributed by atoms with Crippen LogP contribution >= 0.6 is 0 Å². The Morgan fingerprint density at radius 3 is 2.10 bits per heavy atom. The van der Waals surface area contributed by atoms with E-state index in [1.54, 1.807) is 0 Å². The molecular weight excluding hydrogens is 254 g/mol. The van der Waals surface area contributed by atoms with Crippen molar-refractivity contribution in [2.24, 2.45) is 22.7 Å². The van der Waals surface area contributed by atoms with E-state index >= 15 is 0 Å². The highest BCUT2D eigenvalue weighted by atomic mass is 15.1. The standard InChI is InChI=1S/C20H41N/c1-9-17-13-20(6,7)15-21(8)18(10-2)14-19(4,5)12-11-16(17)3/h16-18H,9-15H2,1-8H3. The van der Waals surface area contributed by atoms with Gasteiger partial charge in [0.15, 0.2) is 0 Å². The van der Waals surface area contributed by atoms with E-state index in [1.807, 2.05) is 0 Å². The van der Waals surface area contributed by atoms with Gasteiger partial charge in [-0.3, -0.25) is 0 Å². The van der Waals surface area contributed by atoms with Crippen LogP contribution in [-0.4, -0.2) is 24.5 Å². The van der Waals surface area contributed by atoms with Crippen LogP contribution in [0.5, 0.6) is 0 Å². The molecule has 0 radical (unpaired) electrons. The van der Waals surface area contributed by atoms with Crippen molar-refractivity contribution in [1.82, 2.24) is 4.90 Å². The maximum absolute atomic E-state index is 2.66. The van der Waals surface area contributed by atoms with Crippen molar-refractivity contribution in [2.75, 3.05) is 13.6 Å². The van der Waals surface area contributed by atoms with E-state index in [9.17, 15) is 0 Å². The Balaban J connectivity index is 2.98. The van der Waals surface area contributed by atoms with Crippen molar-refractivity contribution in [3.05, 3.63) is 0 Å². The number of hydrogen-bond acceptors (Lipinski definition) is 1. The molecule has 0 saturated carbocycles. The predicted octanol–water partition coefficient (Wildman–Crippen LogP) is 5.99. The minimum Gasteiger partial charge on any atom is -0.303 e. The Hall–Kier alpha value is -0.0400. The van der Waals surface area contributed by atoms with Gasteiger partial charge >= 0.3 is 0 Å². The second kappa shape index (κ2) is 7.49. The fourth-order valence-corrected chi connectivity index (χ4v) is 4.53. The Morgan fingerprint density at radius 1 is 0.952 bits per heavy atom. The monoisotopic (exact) mass is 295 g/mol. The van der Waals surface area contributed by atoms with Gasteiger partial charge in [0.05, 0.1) is 0 Å². The fraction of sp³-hybridized carbons (Fsp3) is 1.00. The smallest absolute Gasteiger partial charge is 0.00948 e. The van der Waals surface area contributed by atoms with E-state index in [2.05, 4.69) is 60.4 Å². The van der Waals surface area contributed by atoms with Crippen molar-refractivity contribution in [3.8, 4) is 0 Å². The lowest BCUT2D eigenvalue weighted by Crippen LogP contribution is -2.41. The molecule has 1 heteroatoms. The molecule has 1 aliphatic heterocycles. The Bertz CT molecular complexity index is 305. The Morgan fingerprint density at radius 2 is 1.57 bits per heavy atom. The number of hydrogen-bond donors (Lipinski definition) is 0. The van der Waals surface area contributed by atoms with Gasteiger partial charge in [0.1, 0.15) is 0 Å². The molecule has 0 bridgehead atoms. The van der Waals surface area contributed by atoms with E-state index in [0.717, 1.165) is 17.9 Å². The van der Waals surface area contributed by atoms with Crippen molar-refractivity contribution < 1.29 is 0 Å². The summed E-state index contributed by atoms with van der Waals surface area (Å²) < 4.78 is 0. The molecule has 1 aliphatic rings. The first-order valence-corrected chi connectivity index (χ1v) is 9.30. The highest BCUT2D eigenvalue weighted by molar-refractivity contribution is 4.85. The minimum absolute atomic E-state index is 0.436. The van der Waals surface area contributed by atoms with Gasteiger partial charge in [0.25, 0.3) is 0 Å². The van der Waals surface area contributed by atoms with E-state index < -0.39 is 0 Å². The summed E-state index contributed by atoms with van der Waals surface area (Å²) in [5.74, 6) is 1.76. The highest BCUT2D eigenvalue weighted by Crippen LogP contribution is 2.39. The fourth-order valence-electron chi connectivity index (χ4n) is 4.53. The molecule has 0 aromatic heterocycles. The summed E-state index contributed by atoms with van der Waals surface area (Å²) >= 11 is 0. The Kier molecular flexibility index (Phi) is 6.78. The van der Waals surface area contributed by atoms with Gasteiger partial charge in [0.2, 0.25) is 0 Å². The van der Waals surface area contributed by atoms with Gasteiger partial charge in [-0.15, -0.1) is 0 Å². The molecule has 1 nitrogen and oxygen atoms in total. The summed E-state index contributed by atoms with van der Waals surface area (Å²) in [6.45, 7) is 18.4. The zero-order valence-electron chi connectivity index (χ0n) is 16.1. The second-order valence-electron chi connectivity index (χ2n) is 9.40. The number of rotatable bonds is 2. The first-order valence-electron chi connectivity index (χ1n) is 9.30. The normalized spacial score (nSPS) is 35.1. The number of nitrogens with zero attached hydrogens (tertiary/aromatic N) is 1. The molecule has 21 heavy (non-hydrogen) atoms. The zero-order chi connectivity index (χ0) is 16.3. The van der Waals surface area contributed by atoms with Crippen molar-refractivity contribution in [3.63, 3.8) is 0 Å². The van der Waals surface area contributed by atoms with Crippen LogP contribution < -0.4 is 0 Å². The quantitative estimate of drug-likeness (QED) is 0.605. The van der Waals surface area contributed by atoms with Gasteiger partial charge in [-0.25, -0.2) is 0 Å². The Labute approximate surface area is 134 Å². The molecule has 3 unspecified atom stereocenters. The van der Waals surface area contributed by atoms with Gasteiger partial charge in [0, 0.05) is 12.6 Å². The van der Waals surface area contributed by atoms with Crippen molar-refractivity contribution in [2.45, 2.75) is 93.0 Å². The molecule has 0 aliphatic carbocycles. The van der Waals surface area contributed by atoms with Crippen LogP contribution in [0.2, 0.25) is 0 Å². The molecule has 3 atom stereocenters. The largest absolute Gasteiger partial charge is 0.303 e. The minimum atomic E-state index is 0.436.